The molecule has 0 aliphatic carbocycles. The van der Waals surface area contributed by atoms with Gasteiger partial charge in [0.1, 0.15) is 5.76 Å². The molecule has 3 aromatic rings. The highest BCUT2D eigenvalue weighted by Crippen LogP contribution is 2.17. The van der Waals surface area contributed by atoms with Crippen LogP contribution in [0.1, 0.15) is 16.1 Å². The Kier molecular flexibility index (Phi) is 6.02. The molecule has 3 rings (SSSR count). The van der Waals surface area contributed by atoms with Gasteiger partial charge in [0.05, 0.1) is 30.6 Å². The average Bonchev–Trinajstić information content (AvgIpc) is 3.15. The van der Waals surface area contributed by atoms with Crippen molar-refractivity contribution in [1.29, 1.82) is 0 Å². The number of amides is 2. The zero-order chi connectivity index (χ0) is 19.1. The van der Waals surface area contributed by atoms with Crippen molar-refractivity contribution in [2.75, 3.05) is 24.2 Å². The van der Waals surface area contributed by atoms with Crippen molar-refractivity contribution in [1.82, 2.24) is 4.90 Å². The van der Waals surface area contributed by atoms with E-state index in [2.05, 4.69) is 10.6 Å². The minimum atomic E-state index is -0.277. The largest absolute Gasteiger partial charge is 0.468 e. The molecule has 0 saturated carbocycles. The zero-order valence-electron chi connectivity index (χ0n) is 15.0. The van der Waals surface area contributed by atoms with Crippen LogP contribution in [0.25, 0.3) is 0 Å². The Morgan fingerprint density at radius 3 is 2.41 bits per heavy atom. The Hall–Kier alpha value is -3.38. The quantitative estimate of drug-likeness (QED) is 0.673. The third-order valence-electron chi connectivity index (χ3n) is 3.90. The van der Waals surface area contributed by atoms with E-state index in [1.807, 2.05) is 54.4 Å². The number of nitrogens with zero attached hydrogens (tertiary/aromatic N) is 1. The van der Waals surface area contributed by atoms with E-state index in [9.17, 15) is 9.59 Å². The van der Waals surface area contributed by atoms with Crippen molar-refractivity contribution >= 4 is 23.2 Å². The van der Waals surface area contributed by atoms with Gasteiger partial charge < -0.3 is 15.1 Å². The number of para-hydroxylation sites is 2. The number of carbonyl (C=O) groups is 2. The number of hydrogen-bond donors (Lipinski definition) is 2. The number of hydrogen-bond acceptors (Lipinski definition) is 4. The van der Waals surface area contributed by atoms with Crippen molar-refractivity contribution in [3.8, 4) is 0 Å². The molecule has 1 aromatic heterocycles. The fourth-order valence-corrected chi connectivity index (χ4v) is 2.67. The molecule has 0 spiro atoms. The topological polar surface area (TPSA) is 74.6 Å². The molecular formula is C21H21N3O3. The fourth-order valence-electron chi connectivity index (χ4n) is 2.67. The van der Waals surface area contributed by atoms with E-state index in [0.717, 1.165) is 5.76 Å². The number of carbonyl (C=O) groups excluding carboxylic acids is 2. The van der Waals surface area contributed by atoms with E-state index in [-0.39, 0.29) is 18.4 Å². The van der Waals surface area contributed by atoms with Crippen LogP contribution in [0.2, 0.25) is 0 Å². The number of anilines is 2. The molecule has 2 N–H and O–H groups in total. The number of furan rings is 1. The standard InChI is InChI=1S/C21H21N3O3/c1-24(14-17-10-7-13-27-17)15-20(25)23-19-12-6-5-11-18(19)21(26)22-16-8-3-2-4-9-16/h2-13H,14-15H2,1H3,(H,22,26)(H,23,25). The monoisotopic (exact) mass is 363 g/mol. The molecule has 1 heterocycles. The summed E-state index contributed by atoms with van der Waals surface area (Å²) in [5.41, 5.74) is 1.58. The van der Waals surface area contributed by atoms with Crippen LogP contribution in [-0.2, 0) is 11.3 Å². The normalized spacial score (nSPS) is 10.6. The van der Waals surface area contributed by atoms with Gasteiger partial charge in [0.15, 0.2) is 0 Å². The first-order valence-corrected chi connectivity index (χ1v) is 8.58. The molecule has 2 aromatic carbocycles. The summed E-state index contributed by atoms with van der Waals surface area (Å²) >= 11 is 0. The van der Waals surface area contributed by atoms with Gasteiger partial charge in [-0.2, -0.15) is 0 Å². The highest BCUT2D eigenvalue weighted by Gasteiger charge is 2.14. The molecule has 0 saturated heterocycles. The number of rotatable bonds is 7. The maximum Gasteiger partial charge on any atom is 0.257 e. The van der Waals surface area contributed by atoms with Gasteiger partial charge in [0.2, 0.25) is 5.91 Å². The second-order valence-corrected chi connectivity index (χ2v) is 6.17. The van der Waals surface area contributed by atoms with Crippen molar-refractivity contribution in [2.45, 2.75) is 6.54 Å². The summed E-state index contributed by atoms with van der Waals surface area (Å²) in [5, 5.41) is 5.64. The van der Waals surface area contributed by atoms with Gasteiger partial charge in [-0.25, -0.2) is 0 Å². The lowest BCUT2D eigenvalue weighted by Gasteiger charge is -2.16. The van der Waals surface area contributed by atoms with Crippen molar-refractivity contribution < 1.29 is 14.0 Å². The summed E-state index contributed by atoms with van der Waals surface area (Å²) in [6.45, 7) is 0.700. The SMILES string of the molecule is CN(CC(=O)Nc1ccccc1C(=O)Nc1ccccc1)Cc1ccco1. The van der Waals surface area contributed by atoms with E-state index in [1.54, 1.807) is 30.5 Å². The molecule has 2 amide bonds. The van der Waals surface area contributed by atoms with Gasteiger partial charge in [-0.1, -0.05) is 30.3 Å². The molecule has 0 atom stereocenters. The Morgan fingerprint density at radius 2 is 1.67 bits per heavy atom. The minimum absolute atomic E-state index is 0.176. The van der Waals surface area contributed by atoms with E-state index >= 15 is 0 Å². The maximum atomic E-state index is 12.6. The second-order valence-electron chi connectivity index (χ2n) is 6.17. The molecule has 0 unspecified atom stereocenters. The molecule has 0 aliphatic heterocycles. The van der Waals surface area contributed by atoms with Crippen LogP contribution in [0.3, 0.4) is 0 Å². The summed E-state index contributed by atoms with van der Waals surface area (Å²) in [4.78, 5) is 26.8. The maximum absolute atomic E-state index is 12.6. The molecule has 6 heteroatoms. The summed E-state index contributed by atoms with van der Waals surface area (Å²) in [7, 11) is 1.83. The predicted octanol–water partition coefficient (Wildman–Crippen LogP) is 3.60. The van der Waals surface area contributed by atoms with Crippen LogP contribution in [-0.4, -0.2) is 30.3 Å². The number of nitrogens with one attached hydrogen (secondary N) is 2. The van der Waals surface area contributed by atoms with Gasteiger partial charge in [0.25, 0.3) is 5.91 Å². The Bertz CT molecular complexity index is 892. The van der Waals surface area contributed by atoms with Gasteiger partial charge in [-0.05, 0) is 43.4 Å². The molecular weight excluding hydrogens is 342 g/mol. The van der Waals surface area contributed by atoms with Crippen LogP contribution >= 0.6 is 0 Å². The summed E-state index contributed by atoms with van der Waals surface area (Å²) < 4.78 is 5.28. The lowest BCUT2D eigenvalue weighted by atomic mass is 10.1. The van der Waals surface area contributed by atoms with Gasteiger partial charge in [0, 0.05) is 5.69 Å². The molecule has 0 radical (unpaired) electrons. The molecule has 6 nitrogen and oxygen atoms in total. The lowest BCUT2D eigenvalue weighted by Crippen LogP contribution is -2.30. The molecule has 0 fully saturated rings. The summed E-state index contributed by atoms with van der Waals surface area (Å²) in [6.07, 6.45) is 1.60. The van der Waals surface area contributed by atoms with E-state index < -0.39 is 0 Å². The van der Waals surface area contributed by atoms with Gasteiger partial charge in [-0.3, -0.25) is 14.5 Å². The highest BCUT2D eigenvalue weighted by atomic mass is 16.3. The third kappa shape index (κ3) is 5.29. The van der Waals surface area contributed by atoms with Crippen molar-refractivity contribution in [3.05, 3.63) is 84.3 Å². The van der Waals surface area contributed by atoms with Crippen LogP contribution in [0.5, 0.6) is 0 Å². The Morgan fingerprint density at radius 1 is 0.926 bits per heavy atom. The van der Waals surface area contributed by atoms with E-state index in [1.165, 1.54) is 0 Å². The molecule has 138 valence electrons. The van der Waals surface area contributed by atoms with Crippen LogP contribution in [0, 0.1) is 0 Å². The first-order valence-electron chi connectivity index (χ1n) is 8.58. The summed E-state index contributed by atoms with van der Waals surface area (Å²) in [6, 6.07) is 19.8. The number of likely N-dealkylation sites (N-methyl/N-ethyl adjacent to an activating group) is 1. The Labute approximate surface area is 157 Å². The van der Waals surface area contributed by atoms with Crippen LogP contribution < -0.4 is 10.6 Å². The minimum Gasteiger partial charge on any atom is -0.468 e. The molecule has 0 aliphatic rings. The summed E-state index contributed by atoms with van der Waals surface area (Å²) in [5.74, 6) is 0.304. The second kappa shape index (κ2) is 8.82. The van der Waals surface area contributed by atoms with E-state index in [4.69, 9.17) is 4.42 Å². The fraction of sp³-hybridized carbons (Fsp3) is 0.143. The van der Waals surface area contributed by atoms with Crippen molar-refractivity contribution in [3.63, 3.8) is 0 Å². The van der Waals surface area contributed by atoms with Gasteiger partial charge in [-0.15, -0.1) is 0 Å². The van der Waals surface area contributed by atoms with Crippen molar-refractivity contribution in [2.24, 2.45) is 0 Å². The van der Waals surface area contributed by atoms with Crippen LogP contribution in [0.4, 0.5) is 11.4 Å². The highest BCUT2D eigenvalue weighted by molar-refractivity contribution is 6.10. The molecule has 27 heavy (non-hydrogen) atoms. The van der Waals surface area contributed by atoms with Gasteiger partial charge >= 0.3 is 0 Å². The first kappa shape index (κ1) is 18.4. The van der Waals surface area contributed by atoms with Crippen LogP contribution in [0.15, 0.2) is 77.4 Å². The smallest absolute Gasteiger partial charge is 0.257 e. The first-order chi connectivity index (χ1) is 13.1. The third-order valence-corrected chi connectivity index (χ3v) is 3.90. The number of benzene rings is 2. The zero-order valence-corrected chi connectivity index (χ0v) is 15.0. The van der Waals surface area contributed by atoms with E-state index in [0.29, 0.717) is 23.5 Å². The Balaban J connectivity index is 1.63. The lowest BCUT2D eigenvalue weighted by molar-refractivity contribution is -0.117. The predicted molar refractivity (Wildman–Crippen MR) is 105 cm³/mol. The molecule has 0 bridgehead atoms. The average molecular weight is 363 g/mol.